The average molecular weight is 843 g/mol. The summed E-state index contributed by atoms with van der Waals surface area (Å²) < 4.78 is 37.6. The zero-order valence-corrected chi connectivity index (χ0v) is 36.2. The topological polar surface area (TPSA) is 154 Å². The number of nitrogens with zero attached hydrogens (tertiary/aromatic N) is 3. The first-order chi connectivity index (χ1) is 26.5. The van der Waals surface area contributed by atoms with Crippen LogP contribution in [0.4, 0.5) is 11.4 Å². The number of hydrogen-bond acceptors (Lipinski definition) is 11. The van der Waals surface area contributed by atoms with Crippen molar-refractivity contribution in [1.29, 1.82) is 0 Å². The van der Waals surface area contributed by atoms with Gasteiger partial charge in [0.25, 0.3) is 5.01 Å². The Morgan fingerprint density at radius 1 is 0.929 bits per heavy atom. The number of thioether (sulfide) groups is 1. The second-order valence-electron chi connectivity index (χ2n) is 13.2. The van der Waals surface area contributed by atoms with Gasteiger partial charge in [0.05, 0.1) is 26.9 Å². The van der Waals surface area contributed by atoms with Crippen LogP contribution in [0.1, 0.15) is 53.9 Å². The first-order valence-electron chi connectivity index (χ1n) is 18.0. The molecule has 288 valence electrons. The summed E-state index contributed by atoms with van der Waals surface area (Å²) in [5, 5.41) is 18.7. The Labute approximate surface area is 361 Å². The fourth-order valence-corrected chi connectivity index (χ4v) is 9.52. The number of aliphatic carboxylic acids is 1. The van der Waals surface area contributed by atoms with E-state index in [1.54, 1.807) is 47.4 Å². The molecule has 0 saturated heterocycles. The first-order valence-corrected chi connectivity index (χ1v) is 21.6. The number of hydrogen-bond donors (Lipinski definition) is 1. The smallest absolute Gasteiger partial charge is 0.748 e. The summed E-state index contributed by atoms with van der Waals surface area (Å²) in [5.41, 5.74) is 3.29. The number of benzene rings is 4. The van der Waals surface area contributed by atoms with Gasteiger partial charge in [0.1, 0.15) is 11.0 Å². The molecule has 6 rings (SSSR count). The zero-order valence-electron chi connectivity index (χ0n) is 30.9. The number of thiazole rings is 1. The van der Waals surface area contributed by atoms with E-state index in [-0.39, 0.29) is 54.7 Å². The standard InChI is InChI=1S/C40H41ClN4O7S3.Na/c41-31-12-15-35-34(25-31)44(19-4-3-17-42-37(47)16-21-43(18-5-9-40(48)49)32-13-10-28(27-46)11-14-32)38(53-35)26-39-45(20-6-22-55(50,51)52)33-23-29-7-1-2-8-30(29)24-36(33)54-39;/h1-2,7-8,10-15,23-27H,3-6,9,16-22H2,(H2-,42,47,48,49,50,51,52);/q;+1/p-1. The van der Waals surface area contributed by atoms with Crippen LogP contribution < -0.4 is 54.3 Å². The van der Waals surface area contributed by atoms with Crippen molar-refractivity contribution in [2.75, 3.05) is 41.7 Å². The molecule has 4 aromatic carbocycles. The predicted octanol–water partition coefficient (Wildman–Crippen LogP) is 2.98. The minimum Gasteiger partial charge on any atom is -0.748 e. The fourth-order valence-electron chi connectivity index (χ4n) is 6.54. The van der Waals surface area contributed by atoms with Crippen molar-refractivity contribution in [3.63, 3.8) is 0 Å². The predicted molar refractivity (Wildman–Crippen MR) is 216 cm³/mol. The maximum Gasteiger partial charge on any atom is 1.00 e. The molecule has 5 aromatic rings. The van der Waals surface area contributed by atoms with Gasteiger partial charge in [-0.15, -0.1) is 0 Å². The number of fused-ring (bicyclic) bond motifs is 3. The molecule has 0 aliphatic carbocycles. The number of carbonyl (C=O) groups excluding carboxylic acids is 3. The van der Waals surface area contributed by atoms with E-state index in [1.165, 1.54) is 0 Å². The van der Waals surface area contributed by atoms with E-state index in [9.17, 15) is 32.5 Å². The first kappa shape index (κ1) is 43.6. The van der Waals surface area contributed by atoms with Crippen molar-refractivity contribution in [3.8, 4) is 0 Å². The van der Waals surface area contributed by atoms with Gasteiger partial charge < -0.3 is 29.6 Å². The van der Waals surface area contributed by atoms with E-state index < -0.39 is 21.8 Å². The number of aldehydes is 1. The van der Waals surface area contributed by atoms with Gasteiger partial charge in [-0.2, -0.15) is 4.57 Å². The van der Waals surface area contributed by atoms with Crippen molar-refractivity contribution >= 4 is 101 Å². The molecule has 0 bridgehead atoms. The molecule has 0 fully saturated rings. The molecule has 11 nitrogen and oxygen atoms in total. The van der Waals surface area contributed by atoms with Gasteiger partial charge in [-0.1, -0.05) is 59.0 Å². The number of amides is 1. The van der Waals surface area contributed by atoms with Crippen molar-refractivity contribution in [2.24, 2.45) is 0 Å². The van der Waals surface area contributed by atoms with E-state index in [1.807, 2.05) is 41.3 Å². The number of aryl methyl sites for hydroxylation is 1. The molecule has 56 heavy (non-hydrogen) atoms. The van der Waals surface area contributed by atoms with Crippen LogP contribution >= 0.6 is 34.7 Å². The number of halogens is 1. The Kier molecular flexibility index (Phi) is 15.8. The number of aromatic nitrogens is 1. The van der Waals surface area contributed by atoms with Gasteiger partial charge >= 0.3 is 29.6 Å². The van der Waals surface area contributed by atoms with E-state index in [2.05, 4.69) is 39.1 Å². The van der Waals surface area contributed by atoms with Crippen molar-refractivity contribution < 1.29 is 66.6 Å². The molecule has 0 unspecified atom stereocenters. The maximum atomic E-state index is 12.9. The second-order valence-corrected chi connectivity index (χ2v) is 17.3. The third-order valence-corrected chi connectivity index (χ3v) is 12.5. The largest absolute Gasteiger partial charge is 1.00 e. The Balaban J connectivity index is 0.00000600. The number of carbonyl (C=O) groups is 3. The fraction of sp³-hybridized carbons (Fsp3) is 0.300. The Morgan fingerprint density at radius 2 is 1.68 bits per heavy atom. The normalized spacial score (nSPS) is 13.2. The summed E-state index contributed by atoms with van der Waals surface area (Å²) in [6, 6.07) is 25.1. The van der Waals surface area contributed by atoms with Crippen LogP contribution in [0.15, 0.2) is 88.8 Å². The maximum absolute atomic E-state index is 12.9. The van der Waals surface area contributed by atoms with Gasteiger partial charge in [0.2, 0.25) is 11.4 Å². The summed E-state index contributed by atoms with van der Waals surface area (Å²) >= 11 is 9.70. The molecule has 2 heterocycles. The van der Waals surface area contributed by atoms with Gasteiger partial charge in [0.15, 0.2) is 6.54 Å². The van der Waals surface area contributed by atoms with Crippen LogP contribution in [0, 0.1) is 0 Å². The summed E-state index contributed by atoms with van der Waals surface area (Å²) in [6.07, 6.45) is 5.04. The minimum absolute atomic E-state index is 0. The van der Waals surface area contributed by atoms with E-state index >= 15 is 0 Å². The van der Waals surface area contributed by atoms with Gasteiger partial charge in [0, 0.05) is 78.0 Å². The molecule has 0 spiro atoms. The van der Waals surface area contributed by atoms with Crippen LogP contribution in [0.2, 0.25) is 5.02 Å². The average Bonchev–Trinajstić information content (AvgIpc) is 3.66. The quantitative estimate of drug-likeness (QED) is 0.0432. The van der Waals surface area contributed by atoms with Crippen molar-refractivity contribution in [2.45, 2.75) is 50.0 Å². The summed E-state index contributed by atoms with van der Waals surface area (Å²) in [6.45, 7) is 2.32. The monoisotopic (exact) mass is 842 g/mol. The van der Waals surface area contributed by atoms with Crippen molar-refractivity contribution in [3.05, 3.63) is 99.5 Å². The van der Waals surface area contributed by atoms with Crippen molar-refractivity contribution in [1.82, 2.24) is 5.32 Å². The summed E-state index contributed by atoms with van der Waals surface area (Å²) in [7, 11) is -4.36. The molecule has 0 atom stereocenters. The second kappa shape index (κ2) is 20.3. The zero-order chi connectivity index (χ0) is 39.0. The van der Waals surface area contributed by atoms with Gasteiger partial charge in [-0.25, -0.2) is 8.42 Å². The molecule has 0 radical (unpaired) electrons. The van der Waals surface area contributed by atoms with E-state index in [0.717, 1.165) is 66.4 Å². The molecule has 1 N–H and O–H groups in total. The molecule has 1 amide bonds. The van der Waals surface area contributed by atoms with Crippen LogP contribution in [0.25, 0.3) is 27.1 Å². The number of unbranched alkanes of at least 4 members (excludes halogenated alkanes) is 1. The third-order valence-electron chi connectivity index (χ3n) is 9.26. The Hall–Kier alpha value is -3.47. The molecule has 1 aliphatic rings. The number of anilines is 2. The molecule has 16 heteroatoms. The molecule has 1 aromatic heterocycles. The number of carboxylic acids is 1. The van der Waals surface area contributed by atoms with E-state index in [0.29, 0.717) is 49.7 Å². The molecule has 1 aliphatic heterocycles. The minimum atomic E-state index is -4.36. The van der Waals surface area contributed by atoms with Crippen LogP contribution in [-0.2, 0) is 26.3 Å². The number of nitrogens with one attached hydrogen (secondary N) is 1. The number of rotatable bonds is 19. The summed E-state index contributed by atoms with van der Waals surface area (Å²) in [4.78, 5) is 40.2. The molecular weight excluding hydrogens is 803 g/mol. The third kappa shape index (κ3) is 11.8. The molecular formula is C40H40ClN4NaO7S3. The van der Waals surface area contributed by atoms with Crippen LogP contribution in [0.3, 0.4) is 0 Å². The number of carboxylic acid groups (broad SMARTS) is 1. The van der Waals surface area contributed by atoms with E-state index in [4.69, 9.17) is 11.6 Å². The Morgan fingerprint density at radius 3 is 2.39 bits per heavy atom. The SMILES string of the molecule is O=Cc1ccc(N(CCCC(=O)[O-])CCC(=O)NCCCCN2/C(=C/c3sc4cc5ccccc5cc4[n+]3CCCS(=O)(=O)[O-])Sc3ccc(Cl)cc32)cc1.[Na+]. The molecule has 0 saturated carbocycles. The Bertz CT molecular complexity index is 2340. The van der Waals surface area contributed by atoms with Crippen LogP contribution in [-0.4, -0.2) is 63.1 Å². The van der Waals surface area contributed by atoms with Gasteiger partial charge in [-0.05, 0) is 85.0 Å². The van der Waals surface area contributed by atoms with Gasteiger partial charge in [-0.3, -0.25) is 9.59 Å². The summed E-state index contributed by atoms with van der Waals surface area (Å²) in [5.74, 6) is -1.68. The van der Waals surface area contributed by atoms with Crippen LogP contribution in [0.5, 0.6) is 0 Å².